The Bertz CT molecular complexity index is 186. The van der Waals surface area contributed by atoms with E-state index in [9.17, 15) is 0 Å². The predicted octanol–water partition coefficient (Wildman–Crippen LogP) is 2.92. The fourth-order valence-corrected chi connectivity index (χ4v) is 2.01. The molecule has 2 aliphatic rings. The van der Waals surface area contributed by atoms with Crippen LogP contribution in [0, 0.1) is 11.8 Å². The molecule has 0 saturated carbocycles. The van der Waals surface area contributed by atoms with Gasteiger partial charge >= 0.3 is 0 Å². The Morgan fingerprint density at radius 2 is 2.30 bits per heavy atom. The van der Waals surface area contributed by atoms with E-state index < -0.39 is 0 Å². The van der Waals surface area contributed by atoms with Crippen molar-refractivity contribution in [3.05, 3.63) is 23.8 Å². The molecule has 0 aromatic rings. The van der Waals surface area contributed by atoms with E-state index in [1.807, 2.05) is 0 Å². The number of hydrogen-bond acceptors (Lipinski definition) is 0. The Morgan fingerprint density at radius 1 is 1.40 bits per heavy atom. The molecule has 0 aliphatic heterocycles. The van der Waals surface area contributed by atoms with Gasteiger partial charge in [0.1, 0.15) is 0 Å². The Hall–Kier alpha value is -0.520. The Labute approximate surface area is 62.6 Å². The van der Waals surface area contributed by atoms with Crippen LogP contribution in [0.25, 0.3) is 0 Å². The summed E-state index contributed by atoms with van der Waals surface area (Å²) < 4.78 is 0. The summed E-state index contributed by atoms with van der Waals surface area (Å²) >= 11 is 0. The van der Waals surface area contributed by atoms with Gasteiger partial charge in [0.2, 0.25) is 0 Å². The van der Waals surface area contributed by atoms with E-state index in [0.717, 1.165) is 11.8 Å². The van der Waals surface area contributed by atoms with Crippen molar-refractivity contribution in [1.29, 1.82) is 0 Å². The number of hydrogen-bond donors (Lipinski definition) is 0. The quantitative estimate of drug-likeness (QED) is 0.447. The summed E-state index contributed by atoms with van der Waals surface area (Å²) in [5.41, 5.74) is 1.68. The van der Waals surface area contributed by atoms with Crippen molar-refractivity contribution in [2.24, 2.45) is 11.8 Å². The van der Waals surface area contributed by atoms with Gasteiger partial charge in [0.05, 0.1) is 0 Å². The molecule has 0 heterocycles. The minimum atomic E-state index is 0.830. The fourth-order valence-electron chi connectivity index (χ4n) is 2.01. The maximum absolute atomic E-state index is 2.47. The lowest BCUT2D eigenvalue weighted by atomic mass is 9.85. The predicted molar refractivity (Wildman–Crippen MR) is 43.7 cm³/mol. The monoisotopic (exact) mass is 134 g/mol. The van der Waals surface area contributed by atoms with Gasteiger partial charge in [-0.3, -0.25) is 0 Å². The Balaban J connectivity index is 2.21. The van der Waals surface area contributed by atoms with E-state index in [1.165, 1.54) is 19.3 Å². The van der Waals surface area contributed by atoms with Crippen molar-refractivity contribution in [1.82, 2.24) is 0 Å². The number of allylic oxidation sites excluding steroid dienone is 4. The van der Waals surface area contributed by atoms with E-state index in [0.29, 0.717) is 0 Å². The topological polar surface area (TPSA) is 0 Å². The molecule has 2 rings (SSSR count). The first-order valence-electron chi connectivity index (χ1n) is 4.23. The second-order valence-electron chi connectivity index (χ2n) is 3.53. The largest absolute Gasteiger partial charge is 0.0838 e. The zero-order chi connectivity index (χ0) is 6.97. The summed E-state index contributed by atoms with van der Waals surface area (Å²) in [4.78, 5) is 0. The summed E-state index contributed by atoms with van der Waals surface area (Å²) in [7, 11) is 0. The molecule has 0 aromatic heterocycles. The average molecular weight is 134 g/mol. The third-order valence-corrected chi connectivity index (χ3v) is 2.63. The molecule has 54 valence electrons. The van der Waals surface area contributed by atoms with Crippen LogP contribution in [-0.2, 0) is 0 Å². The lowest BCUT2D eigenvalue weighted by molar-refractivity contribution is 0.512. The summed E-state index contributed by atoms with van der Waals surface area (Å²) in [6.45, 7) is 2.32. The van der Waals surface area contributed by atoms with E-state index >= 15 is 0 Å². The second kappa shape index (κ2) is 2.26. The molecule has 0 aromatic carbocycles. The molecule has 2 aliphatic carbocycles. The van der Waals surface area contributed by atoms with Crippen LogP contribution < -0.4 is 0 Å². The summed E-state index contributed by atoms with van der Waals surface area (Å²) in [5.74, 6) is 1.67. The second-order valence-corrected chi connectivity index (χ2v) is 3.53. The van der Waals surface area contributed by atoms with Crippen LogP contribution in [0.3, 0.4) is 0 Å². The van der Waals surface area contributed by atoms with Crippen LogP contribution in [0.4, 0.5) is 0 Å². The Kier molecular flexibility index (Phi) is 1.40. The molecule has 2 atom stereocenters. The van der Waals surface area contributed by atoms with Gasteiger partial charge in [-0.1, -0.05) is 30.7 Å². The van der Waals surface area contributed by atoms with Gasteiger partial charge < -0.3 is 0 Å². The summed E-state index contributed by atoms with van der Waals surface area (Å²) in [6, 6.07) is 0. The minimum Gasteiger partial charge on any atom is -0.0838 e. The van der Waals surface area contributed by atoms with Gasteiger partial charge in [-0.25, -0.2) is 0 Å². The highest BCUT2D eigenvalue weighted by molar-refractivity contribution is 5.25. The van der Waals surface area contributed by atoms with Gasteiger partial charge in [-0.05, 0) is 31.1 Å². The lowest BCUT2D eigenvalue weighted by Gasteiger charge is -2.20. The Morgan fingerprint density at radius 3 is 3.20 bits per heavy atom. The third kappa shape index (κ3) is 0.920. The molecule has 0 bridgehead atoms. The van der Waals surface area contributed by atoms with Crippen molar-refractivity contribution in [3.63, 3.8) is 0 Å². The average Bonchev–Trinajstić information content (AvgIpc) is 2.33. The lowest BCUT2D eigenvalue weighted by Crippen LogP contribution is -2.07. The van der Waals surface area contributed by atoms with Crippen molar-refractivity contribution in [2.75, 3.05) is 0 Å². The maximum Gasteiger partial charge on any atom is -0.00198 e. The summed E-state index contributed by atoms with van der Waals surface area (Å²) in [6.07, 6.45) is 11.2. The molecule has 10 heavy (non-hydrogen) atoms. The van der Waals surface area contributed by atoms with Crippen molar-refractivity contribution in [2.45, 2.75) is 26.2 Å². The number of rotatable bonds is 0. The standard InChI is InChI=1S/C10H14/c1-8-5-6-9-3-2-4-10(9)7-8/h2-3,7-9H,4-6H2,1H3. The van der Waals surface area contributed by atoms with Crippen molar-refractivity contribution < 1.29 is 0 Å². The van der Waals surface area contributed by atoms with Gasteiger partial charge in [0.15, 0.2) is 0 Å². The number of fused-ring (bicyclic) bond motifs is 1. The molecule has 0 heteroatoms. The first kappa shape index (κ1) is 6.21. The highest BCUT2D eigenvalue weighted by Crippen LogP contribution is 2.35. The van der Waals surface area contributed by atoms with Gasteiger partial charge in [-0.15, -0.1) is 0 Å². The molecule has 0 amide bonds. The van der Waals surface area contributed by atoms with Gasteiger partial charge in [0, 0.05) is 0 Å². The van der Waals surface area contributed by atoms with Crippen molar-refractivity contribution >= 4 is 0 Å². The third-order valence-electron chi connectivity index (χ3n) is 2.63. The van der Waals surface area contributed by atoms with E-state index in [1.54, 1.807) is 5.57 Å². The zero-order valence-corrected chi connectivity index (χ0v) is 6.51. The first-order valence-corrected chi connectivity index (χ1v) is 4.23. The SMILES string of the molecule is CC1C=C2CC=CC2CC1. The maximum atomic E-state index is 2.47. The molecular weight excluding hydrogens is 120 g/mol. The molecule has 0 radical (unpaired) electrons. The molecule has 0 fully saturated rings. The smallest absolute Gasteiger partial charge is 0.00198 e. The van der Waals surface area contributed by atoms with Crippen LogP contribution in [0.5, 0.6) is 0 Å². The minimum absolute atomic E-state index is 0.830. The van der Waals surface area contributed by atoms with E-state index in [-0.39, 0.29) is 0 Å². The molecule has 2 unspecified atom stereocenters. The molecule has 0 saturated heterocycles. The molecule has 0 spiro atoms. The van der Waals surface area contributed by atoms with Crippen LogP contribution in [0.1, 0.15) is 26.2 Å². The van der Waals surface area contributed by atoms with Crippen molar-refractivity contribution in [3.8, 4) is 0 Å². The van der Waals surface area contributed by atoms with Crippen LogP contribution >= 0.6 is 0 Å². The van der Waals surface area contributed by atoms with E-state index in [2.05, 4.69) is 25.2 Å². The normalized spacial score (nSPS) is 37.5. The highest BCUT2D eigenvalue weighted by atomic mass is 14.3. The van der Waals surface area contributed by atoms with Crippen LogP contribution in [0.15, 0.2) is 23.8 Å². The van der Waals surface area contributed by atoms with Gasteiger partial charge in [-0.2, -0.15) is 0 Å². The van der Waals surface area contributed by atoms with Crippen LogP contribution in [-0.4, -0.2) is 0 Å². The van der Waals surface area contributed by atoms with E-state index in [4.69, 9.17) is 0 Å². The molecule has 0 nitrogen and oxygen atoms in total. The van der Waals surface area contributed by atoms with Gasteiger partial charge in [0.25, 0.3) is 0 Å². The fraction of sp³-hybridized carbons (Fsp3) is 0.600. The zero-order valence-electron chi connectivity index (χ0n) is 6.51. The molecular formula is C10H14. The molecule has 0 N–H and O–H groups in total. The summed E-state index contributed by atoms with van der Waals surface area (Å²) in [5, 5.41) is 0. The van der Waals surface area contributed by atoms with Crippen LogP contribution in [0.2, 0.25) is 0 Å². The first-order chi connectivity index (χ1) is 4.86. The highest BCUT2D eigenvalue weighted by Gasteiger charge is 2.20.